The second-order valence-electron chi connectivity index (χ2n) is 5.07. The first-order chi connectivity index (χ1) is 9.63. The fourth-order valence-electron chi connectivity index (χ4n) is 2.54. The van der Waals surface area contributed by atoms with E-state index in [0.717, 1.165) is 24.6 Å². The van der Waals surface area contributed by atoms with Crippen LogP contribution in [0.25, 0.3) is 0 Å². The summed E-state index contributed by atoms with van der Waals surface area (Å²) in [5, 5.41) is 12.3. The maximum absolute atomic E-state index is 5.95. The summed E-state index contributed by atoms with van der Waals surface area (Å²) in [6.07, 6.45) is 3.39. The van der Waals surface area contributed by atoms with Gasteiger partial charge in [0.15, 0.2) is 5.82 Å². The molecule has 0 fully saturated rings. The molecule has 2 aromatic rings. The van der Waals surface area contributed by atoms with Gasteiger partial charge in [-0.25, -0.2) is 9.97 Å². The lowest BCUT2D eigenvalue weighted by Crippen LogP contribution is -2.18. The molecule has 3 heterocycles. The fraction of sp³-hybridized carbons (Fsp3) is 0.538. The van der Waals surface area contributed by atoms with Crippen molar-refractivity contribution in [2.24, 2.45) is 0 Å². The standard InChI is InChI=1S/C13H17ClN6/c1-8(15-11-7-10(14)16-9(2)17-11)13-19-18-12-5-3-4-6-20(12)13/h7-8H,3-6H2,1-2H3,(H,15,16,17). The van der Waals surface area contributed by atoms with Crippen LogP contribution >= 0.6 is 11.6 Å². The van der Waals surface area contributed by atoms with Crippen LogP contribution in [-0.4, -0.2) is 24.7 Å². The van der Waals surface area contributed by atoms with Gasteiger partial charge in [0, 0.05) is 19.0 Å². The van der Waals surface area contributed by atoms with E-state index in [-0.39, 0.29) is 6.04 Å². The molecule has 1 aliphatic heterocycles. The summed E-state index contributed by atoms with van der Waals surface area (Å²) >= 11 is 5.95. The molecule has 2 aromatic heterocycles. The Hall–Kier alpha value is -1.69. The fourth-order valence-corrected chi connectivity index (χ4v) is 2.77. The van der Waals surface area contributed by atoms with E-state index in [1.54, 1.807) is 6.07 Å². The Labute approximate surface area is 122 Å². The van der Waals surface area contributed by atoms with Gasteiger partial charge in [-0.05, 0) is 26.7 Å². The minimum absolute atomic E-state index is 0.0275. The van der Waals surface area contributed by atoms with Gasteiger partial charge in [0.05, 0.1) is 6.04 Å². The molecule has 106 valence electrons. The quantitative estimate of drug-likeness (QED) is 0.881. The Balaban J connectivity index is 1.82. The van der Waals surface area contributed by atoms with Gasteiger partial charge in [0.1, 0.15) is 22.6 Å². The van der Waals surface area contributed by atoms with E-state index in [2.05, 4.69) is 37.0 Å². The van der Waals surface area contributed by atoms with E-state index >= 15 is 0 Å². The van der Waals surface area contributed by atoms with E-state index in [1.165, 1.54) is 12.8 Å². The molecule has 3 rings (SSSR count). The Kier molecular flexibility index (Phi) is 3.56. The highest BCUT2D eigenvalue weighted by Gasteiger charge is 2.20. The third-order valence-corrected chi connectivity index (χ3v) is 3.64. The van der Waals surface area contributed by atoms with Gasteiger partial charge >= 0.3 is 0 Å². The average molecular weight is 293 g/mol. The topological polar surface area (TPSA) is 68.5 Å². The lowest BCUT2D eigenvalue weighted by atomic mass is 10.1. The lowest BCUT2D eigenvalue weighted by Gasteiger charge is -2.19. The van der Waals surface area contributed by atoms with Crippen LogP contribution in [0.4, 0.5) is 5.82 Å². The summed E-state index contributed by atoms with van der Waals surface area (Å²) in [6.45, 7) is 4.87. The van der Waals surface area contributed by atoms with Crippen molar-refractivity contribution in [1.82, 2.24) is 24.7 Å². The van der Waals surface area contributed by atoms with Gasteiger partial charge in [-0.1, -0.05) is 11.6 Å². The molecule has 0 saturated heterocycles. The molecule has 1 unspecified atom stereocenters. The van der Waals surface area contributed by atoms with Crippen LogP contribution < -0.4 is 5.32 Å². The van der Waals surface area contributed by atoms with Crippen LogP contribution in [0.2, 0.25) is 5.15 Å². The number of fused-ring (bicyclic) bond motifs is 1. The smallest absolute Gasteiger partial charge is 0.155 e. The number of anilines is 1. The number of nitrogens with one attached hydrogen (secondary N) is 1. The summed E-state index contributed by atoms with van der Waals surface area (Å²) in [5.74, 6) is 3.39. The Bertz CT molecular complexity index is 603. The molecule has 1 N–H and O–H groups in total. The normalized spacial score (nSPS) is 15.8. The molecule has 6 nitrogen and oxygen atoms in total. The van der Waals surface area contributed by atoms with Crippen LogP contribution in [0.15, 0.2) is 6.07 Å². The number of halogens is 1. The van der Waals surface area contributed by atoms with E-state index < -0.39 is 0 Å². The minimum Gasteiger partial charge on any atom is -0.360 e. The molecule has 0 aromatic carbocycles. The van der Waals surface area contributed by atoms with Gasteiger partial charge < -0.3 is 9.88 Å². The second-order valence-corrected chi connectivity index (χ2v) is 5.46. The van der Waals surface area contributed by atoms with Crippen LogP contribution in [0.3, 0.4) is 0 Å². The summed E-state index contributed by atoms with van der Waals surface area (Å²) in [4.78, 5) is 8.39. The van der Waals surface area contributed by atoms with Crippen molar-refractivity contribution in [3.63, 3.8) is 0 Å². The maximum atomic E-state index is 5.95. The number of rotatable bonds is 3. The molecule has 0 bridgehead atoms. The maximum Gasteiger partial charge on any atom is 0.155 e. The zero-order valence-corrected chi connectivity index (χ0v) is 12.4. The number of aromatic nitrogens is 5. The first kappa shape index (κ1) is 13.3. The van der Waals surface area contributed by atoms with E-state index in [4.69, 9.17) is 11.6 Å². The van der Waals surface area contributed by atoms with Crippen molar-refractivity contribution in [1.29, 1.82) is 0 Å². The first-order valence-electron chi connectivity index (χ1n) is 6.83. The van der Waals surface area contributed by atoms with Crippen molar-refractivity contribution < 1.29 is 0 Å². The first-order valence-corrected chi connectivity index (χ1v) is 7.21. The van der Waals surface area contributed by atoms with E-state index in [1.807, 2.05) is 6.92 Å². The number of aryl methyl sites for hydroxylation is 2. The number of hydrogen-bond acceptors (Lipinski definition) is 5. The minimum atomic E-state index is 0.0275. The summed E-state index contributed by atoms with van der Waals surface area (Å²) in [7, 11) is 0. The monoisotopic (exact) mass is 292 g/mol. The summed E-state index contributed by atoms with van der Waals surface area (Å²) < 4.78 is 2.21. The van der Waals surface area contributed by atoms with Crippen molar-refractivity contribution in [2.45, 2.75) is 45.7 Å². The molecule has 7 heteroatoms. The van der Waals surface area contributed by atoms with Crippen LogP contribution in [-0.2, 0) is 13.0 Å². The molecule has 0 radical (unpaired) electrons. The van der Waals surface area contributed by atoms with E-state index in [9.17, 15) is 0 Å². The number of nitrogens with zero attached hydrogens (tertiary/aromatic N) is 5. The molecule has 0 spiro atoms. The molecule has 0 aliphatic carbocycles. The SMILES string of the molecule is Cc1nc(Cl)cc(NC(C)c2nnc3n2CCCC3)n1. The zero-order chi connectivity index (χ0) is 14.1. The molecular weight excluding hydrogens is 276 g/mol. The van der Waals surface area contributed by atoms with Crippen LogP contribution in [0.1, 0.15) is 43.3 Å². The van der Waals surface area contributed by atoms with Gasteiger partial charge in [-0.15, -0.1) is 10.2 Å². The van der Waals surface area contributed by atoms with Gasteiger partial charge in [-0.3, -0.25) is 0 Å². The second kappa shape index (κ2) is 5.36. The van der Waals surface area contributed by atoms with Crippen molar-refractivity contribution >= 4 is 17.4 Å². The van der Waals surface area contributed by atoms with Crippen molar-refractivity contribution in [3.05, 3.63) is 28.7 Å². The van der Waals surface area contributed by atoms with Crippen LogP contribution in [0.5, 0.6) is 0 Å². The van der Waals surface area contributed by atoms with Gasteiger partial charge in [0.2, 0.25) is 0 Å². The van der Waals surface area contributed by atoms with Crippen molar-refractivity contribution in [2.75, 3.05) is 5.32 Å². The molecule has 1 atom stereocenters. The highest BCUT2D eigenvalue weighted by atomic mass is 35.5. The summed E-state index contributed by atoms with van der Waals surface area (Å²) in [5.41, 5.74) is 0. The van der Waals surface area contributed by atoms with Gasteiger partial charge in [-0.2, -0.15) is 0 Å². The summed E-state index contributed by atoms with van der Waals surface area (Å²) in [6, 6.07) is 1.75. The molecule has 20 heavy (non-hydrogen) atoms. The van der Waals surface area contributed by atoms with Crippen molar-refractivity contribution in [3.8, 4) is 0 Å². The largest absolute Gasteiger partial charge is 0.360 e. The number of hydrogen-bond donors (Lipinski definition) is 1. The predicted octanol–water partition coefficient (Wildman–Crippen LogP) is 2.54. The molecular formula is C13H17ClN6. The Morgan fingerprint density at radius 2 is 2.15 bits per heavy atom. The zero-order valence-electron chi connectivity index (χ0n) is 11.6. The molecule has 1 aliphatic rings. The Morgan fingerprint density at radius 3 is 2.95 bits per heavy atom. The molecule has 0 saturated carbocycles. The van der Waals surface area contributed by atoms with E-state index in [0.29, 0.717) is 16.8 Å². The predicted molar refractivity (Wildman–Crippen MR) is 76.8 cm³/mol. The van der Waals surface area contributed by atoms with Gasteiger partial charge in [0.25, 0.3) is 0 Å². The lowest BCUT2D eigenvalue weighted by molar-refractivity contribution is 0.500. The third kappa shape index (κ3) is 2.60. The Morgan fingerprint density at radius 1 is 1.30 bits per heavy atom. The molecule has 0 amide bonds. The average Bonchev–Trinajstić information content (AvgIpc) is 2.81. The highest BCUT2D eigenvalue weighted by Crippen LogP contribution is 2.22. The third-order valence-electron chi connectivity index (χ3n) is 3.45. The highest BCUT2D eigenvalue weighted by molar-refractivity contribution is 6.29. The van der Waals surface area contributed by atoms with Crippen LogP contribution in [0, 0.1) is 6.92 Å².